The van der Waals surface area contributed by atoms with Crippen LogP contribution in [0.25, 0.3) is 0 Å². The fraction of sp³-hybridized carbons (Fsp3) is 0.909. The fourth-order valence-electron chi connectivity index (χ4n) is 1.58. The summed E-state index contributed by atoms with van der Waals surface area (Å²) in [6.07, 6.45) is 2.34. The molecule has 1 heterocycles. The summed E-state index contributed by atoms with van der Waals surface area (Å²) in [5.41, 5.74) is 0.287. The molecule has 1 fully saturated rings. The molecule has 0 aromatic rings. The molecule has 15 heavy (non-hydrogen) atoms. The summed E-state index contributed by atoms with van der Waals surface area (Å²) in [7, 11) is 0. The molecule has 0 bridgehead atoms. The van der Waals surface area contributed by atoms with Crippen molar-refractivity contribution in [1.29, 1.82) is 0 Å². The van der Waals surface area contributed by atoms with E-state index < -0.39 is 0 Å². The summed E-state index contributed by atoms with van der Waals surface area (Å²) in [6, 6.07) is 0. The molecule has 1 aliphatic heterocycles. The van der Waals surface area contributed by atoms with Crippen LogP contribution in [0.4, 0.5) is 0 Å². The normalized spacial score (nSPS) is 21.9. The zero-order valence-corrected chi connectivity index (χ0v) is 10.8. The van der Waals surface area contributed by atoms with Crippen LogP contribution < -0.4 is 5.32 Å². The van der Waals surface area contributed by atoms with Crippen molar-refractivity contribution in [3.8, 4) is 0 Å². The first-order valence-corrected chi connectivity index (χ1v) is 6.78. The molecule has 0 atom stereocenters. The van der Waals surface area contributed by atoms with Crippen LogP contribution in [0.15, 0.2) is 4.99 Å². The number of hydrogen-bond acceptors (Lipinski definition) is 3. The maximum Gasteiger partial charge on any atom is 0.157 e. The molecule has 1 aliphatic rings. The minimum absolute atomic E-state index is 0.287. The highest BCUT2D eigenvalue weighted by Gasteiger charge is 2.33. The smallest absolute Gasteiger partial charge is 0.157 e. The van der Waals surface area contributed by atoms with Gasteiger partial charge in [-0.3, -0.25) is 4.99 Å². The van der Waals surface area contributed by atoms with E-state index in [4.69, 9.17) is 4.74 Å². The average Bonchev–Trinajstić information content (AvgIpc) is 2.69. The monoisotopic (exact) mass is 230 g/mol. The number of nitrogens with zero attached hydrogens (tertiary/aromatic N) is 1. The highest BCUT2D eigenvalue weighted by atomic mass is 32.2. The second-order valence-electron chi connectivity index (χ2n) is 3.78. The summed E-state index contributed by atoms with van der Waals surface area (Å²) >= 11 is 1.84. The van der Waals surface area contributed by atoms with Gasteiger partial charge in [0.2, 0.25) is 0 Å². The lowest BCUT2D eigenvalue weighted by atomic mass is 9.96. The first-order valence-electron chi connectivity index (χ1n) is 5.79. The van der Waals surface area contributed by atoms with E-state index in [9.17, 15) is 0 Å². The molecule has 0 aliphatic carbocycles. The largest absolute Gasteiger partial charge is 0.380 e. The van der Waals surface area contributed by atoms with Gasteiger partial charge in [-0.25, -0.2) is 0 Å². The van der Waals surface area contributed by atoms with Gasteiger partial charge in [0.1, 0.15) is 0 Å². The van der Waals surface area contributed by atoms with Gasteiger partial charge >= 0.3 is 0 Å². The summed E-state index contributed by atoms with van der Waals surface area (Å²) < 4.78 is 5.25. The topological polar surface area (TPSA) is 33.6 Å². The van der Waals surface area contributed by atoms with Crippen molar-refractivity contribution >= 4 is 16.9 Å². The van der Waals surface area contributed by atoms with E-state index >= 15 is 0 Å². The molecule has 0 radical (unpaired) electrons. The number of nitrogens with one attached hydrogen (secondary N) is 1. The molecule has 1 rings (SSSR count). The molecule has 0 saturated carbocycles. The van der Waals surface area contributed by atoms with Crippen LogP contribution in [0.2, 0.25) is 0 Å². The third-order valence-corrected chi connectivity index (χ3v) is 4.11. The lowest BCUT2D eigenvalue weighted by Gasteiger charge is -2.25. The van der Waals surface area contributed by atoms with Gasteiger partial charge in [-0.1, -0.05) is 25.6 Å². The molecule has 1 N–H and O–H groups in total. The van der Waals surface area contributed by atoms with E-state index in [1.54, 1.807) is 0 Å². The molecule has 1 saturated heterocycles. The summed E-state index contributed by atoms with van der Waals surface area (Å²) in [4.78, 5) is 4.50. The second kappa shape index (κ2) is 6.38. The Kier molecular flexibility index (Phi) is 5.47. The van der Waals surface area contributed by atoms with Crippen molar-refractivity contribution in [2.45, 2.75) is 39.2 Å². The molecule has 88 valence electrons. The van der Waals surface area contributed by atoms with E-state index in [-0.39, 0.29) is 5.54 Å². The summed E-state index contributed by atoms with van der Waals surface area (Å²) in [5, 5.41) is 4.63. The summed E-state index contributed by atoms with van der Waals surface area (Å²) in [5.74, 6) is 1.15. The molecule has 0 spiro atoms. The van der Waals surface area contributed by atoms with E-state index in [1.807, 2.05) is 18.7 Å². The number of rotatable bonds is 6. The minimum Gasteiger partial charge on any atom is -0.380 e. The Morgan fingerprint density at radius 2 is 2.13 bits per heavy atom. The number of aliphatic imine (C=N–C) groups is 1. The van der Waals surface area contributed by atoms with Gasteiger partial charge in [0, 0.05) is 17.9 Å². The van der Waals surface area contributed by atoms with Crippen LogP contribution in [-0.4, -0.2) is 36.2 Å². The third kappa shape index (κ3) is 3.68. The predicted octanol–water partition coefficient (Wildman–Crippen LogP) is 2.27. The lowest BCUT2D eigenvalue weighted by molar-refractivity contribution is 0.156. The maximum absolute atomic E-state index is 5.25. The molecule has 0 amide bonds. The molecular formula is C11H22N2OS. The first kappa shape index (κ1) is 12.8. The molecule has 0 aromatic carbocycles. The van der Waals surface area contributed by atoms with Gasteiger partial charge in [-0.2, -0.15) is 0 Å². The van der Waals surface area contributed by atoms with Crippen molar-refractivity contribution in [3.05, 3.63) is 0 Å². The van der Waals surface area contributed by atoms with Gasteiger partial charge in [0.05, 0.1) is 13.2 Å². The van der Waals surface area contributed by atoms with E-state index in [0.717, 1.165) is 30.7 Å². The van der Waals surface area contributed by atoms with Crippen LogP contribution in [0.1, 0.15) is 33.6 Å². The molecular weight excluding hydrogens is 208 g/mol. The molecule has 0 unspecified atom stereocenters. The average molecular weight is 230 g/mol. The number of ether oxygens (including phenoxy) is 1. The van der Waals surface area contributed by atoms with Crippen molar-refractivity contribution in [2.24, 2.45) is 4.99 Å². The Morgan fingerprint density at radius 1 is 1.40 bits per heavy atom. The van der Waals surface area contributed by atoms with E-state index in [2.05, 4.69) is 24.2 Å². The van der Waals surface area contributed by atoms with Crippen molar-refractivity contribution in [1.82, 2.24) is 5.32 Å². The fourth-order valence-corrected chi connectivity index (χ4v) is 2.94. The van der Waals surface area contributed by atoms with E-state index in [0.29, 0.717) is 0 Å². The highest BCUT2D eigenvalue weighted by molar-refractivity contribution is 8.14. The molecule has 4 heteroatoms. The van der Waals surface area contributed by atoms with Crippen LogP contribution >= 0.6 is 11.8 Å². The van der Waals surface area contributed by atoms with Gasteiger partial charge in [0.25, 0.3) is 0 Å². The first-order chi connectivity index (χ1) is 7.26. The predicted molar refractivity (Wildman–Crippen MR) is 67.7 cm³/mol. The zero-order valence-electron chi connectivity index (χ0n) is 10.0. The number of thioether (sulfide) groups is 1. The standard InChI is InChI=1S/C11H22N2OS/c1-4-11(5-2)9-15-10(13-11)12-7-8-14-6-3/h4-9H2,1-3H3,(H,12,13). The van der Waals surface area contributed by atoms with Gasteiger partial charge in [-0.05, 0) is 19.8 Å². The second-order valence-corrected chi connectivity index (χ2v) is 4.75. The number of hydrogen-bond donors (Lipinski definition) is 1. The van der Waals surface area contributed by atoms with Gasteiger partial charge < -0.3 is 10.1 Å². The zero-order chi connectivity index (χ0) is 11.1. The Balaban J connectivity index is 2.34. The SMILES string of the molecule is CCOCCN=C1NC(CC)(CC)CS1. The van der Waals surface area contributed by atoms with Crippen LogP contribution in [0.5, 0.6) is 0 Å². The van der Waals surface area contributed by atoms with Crippen molar-refractivity contribution in [2.75, 3.05) is 25.5 Å². The van der Waals surface area contributed by atoms with Crippen molar-refractivity contribution in [3.63, 3.8) is 0 Å². The van der Waals surface area contributed by atoms with E-state index in [1.165, 1.54) is 12.8 Å². The van der Waals surface area contributed by atoms with Crippen molar-refractivity contribution < 1.29 is 4.74 Å². The van der Waals surface area contributed by atoms with Crippen LogP contribution in [-0.2, 0) is 4.74 Å². The van der Waals surface area contributed by atoms with Gasteiger partial charge in [0.15, 0.2) is 5.17 Å². The quantitative estimate of drug-likeness (QED) is 0.711. The minimum atomic E-state index is 0.287. The Labute approximate surface area is 97.1 Å². The molecule has 0 aromatic heterocycles. The molecule has 3 nitrogen and oxygen atoms in total. The Bertz CT molecular complexity index is 215. The maximum atomic E-state index is 5.25. The third-order valence-electron chi connectivity index (χ3n) is 2.91. The Morgan fingerprint density at radius 3 is 2.67 bits per heavy atom. The number of amidine groups is 1. The lowest BCUT2D eigenvalue weighted by Crippen LogP contribution is -2.42. The van der Waals surface area contributed by atoms with Crippen LogP contribution in [0.3, 0.4) is 0 Å². The van der Waals surface area contributed by atoms with Crippen LogP contribution in [0, 0.1) is 0 Å². The Hall–Kier alpha value is -0.220. The van der Waals surface area contributed by atoms with Gasteiger partial charge in [-0.15, -0.1) is 0 Å². The summed E-state index contributed by atoms with van der Waals surface area (Å²) in [6.45, 7) is 8.76. The highest BCUT2D eigenvalue weighted by Crippen LogP contribution is 2.28.